The number of hydrogen-bond donors (Lipinski definition) is 2. The monoisotopic (exact) mass is 246 g/mol. The van der Waals surface area contributed by atoms with Crippen molar-refractivity contribution < 1.29 is 9.90 Å². The molecule has 2 rings (SSSR count). The van der Waals surface area contributed by atoms with Crippen molar-refractivity contribution in [2.45, 2.75) is 19.4 Å². The maximum absolute atomic E-state index is 12.5. The van der Waals surface area contributed by atoms with Crippen molar-refractivity contribution in [3.05, 3.63) is 36.0 Å². The highest BCUT2D eigenvalue weighted by Crippen LogP contribution is 2.21. The zero-order valence-electron chi connectivity index (χ0n) is 10.9. The molecule has 4 heteroatoms. The summed E-state index contributed by atoms with van der Waals surface area (Å²) in [7, 11) is 1.71. The van der Waals surface area contributed by atoms with Crippen LogP contribution in [-0.2, 0) is 0 Å². The Morgan fingerprint density at radius 1 is 1.39 bits per heavy atom. The van der Waals surface area contributed by atoms with Gasteiger partial charge in [0, 0.05) is 18.6 Å². The number of aromatic nitrogens is 1. The van der Waals surface area contributed by atoms with Gasteiger partial charge in [-0.25, -0.2) is 0 Å². The van der Waals surface area contributed by atoms with E-state index in [4.69, 9.17) is 0 Å². The largest absolute Gasteiger partial charge is 0.394 e. The van der Waals surface area contributed by atoms with Crippen LogP contribution >= 0.6 is 0 Å². The molecule has 4 nitrogen and oxygen atoms in total. The maximum Gasteiger partial charge on any atom is 0.256 e. The Balaban J connectivity index is 2.43. The molecule has 1 aromatic heterocycles. The molecule has 1 amide bonds. The third kappa shape index (κ3) is 1.99. The number of aromatic amines is 1. The van der Waals surface area contributed by atoms with Crippen LogP contribution in [0.2, 0.25) is 0 Å². The number of hydrogen-bond acceptors (Lipinski definition) is 2. The smallest absolute Gasteiger partial charge is 0.256 e. The number of aliphatic hydroxyl groups excluding tert-OH is 1. The van der Waals surface area contributed by atoms with Crippen LogP contribution in [-0.4, -0.2) is 40.1 Å². The standard InChI is InChI=1S/C14H18N2O2/c1-14(2,9-17)16(3)13(18)11-6-4-5-10-7-8-15-12(10)11/h4-8,15,17H,9H2,1-3H3. The fourth-order valence-electron chi connectivity index (χ4n) is 1.82. The topological polar surface area (TPSA) is 56.3 Å². The molecule has 0 spiro atoms. The number of para-hydroxylation sites is 1. The molecule has 18 heavy (non-hydrogen) atoms. The predicted octanol–water partition coefficient (Wildman–Crippen LogP) is 2.01. The van der Waals surface area contributed by atoms with E-state index in [2.05, 4.69) is 4.98 Å². The summed E-state index contributed by atoms with van der Waals surface area (Å²) >= 11 is 0. The molecular formula is C14H18N2O2. The van der Waals surface area contributed by atoms with Crippen molar-refractivity contribution in [1.29, 1.82) is 0 Å². The Kier molecular flexibility index (Phi) is 3.13. The minimum Gasteiger partial charge on any atom is -0.394 e. The number of nitrogens with one attached hydrogen (secondary N) is 1. The van der Waals surface area contributed by atoms with Gasteiger partial charge in [-0.3, -0.25) is 4.79 Å². The molecule has 0 radical (unpaired) electrons. The molecule has 0 unspecified atom stereocenters. The number of fused-ring (bicyclic) bond motifs is 1. The Morgan fingerprint density at radius 3 is 2.78 bits per heavy atom. The van der Waals surface area contributed by atoms with Gasteiger partial charge >= 0.3 is 0 Å². The molecule has 0 atom stereocenters. The van der Waals surface area contributed by atoms with Gasteiger partial charge in [0.05, 0.1) is 23.2 Å². The van der Waals surface area contributed by atoms with Crippen LogP contribution in [0.25, 0.3) is 10.9 Å². The molecule has 0 aliphatic heterocycles. The van der Waals surface area contributed by atoms with Gasteiger partial charge < -0.3 is 15.0 Å². The second kappa shape index (κ2) is 4.46. The van der Waals surface area contributed by atoms with Gasteiger partial charge in [0.25, 0.3) is 5.91 Å². The van der Waals surface area contributed by atoms with E-state index in [9.17, 15) is 9.90 Å². The third-order valence-corrected chi connectivity index (χ3v) is 3.42. The number of amides is 1. The molecule has 1 aromatic carbocycles. The zero-order chi connectivity index (χ0) is 13.3. The summed E-state index contributed by atoms with van der Waals surface area (Å²) in [6.45, 7) is 3.59. The second-order valence-electron chi connectivity index (χ2n) is 5.08. The van der Waals surface area contributed by atoms with E-state index in [1.54, 1.807) is 18.0 Å². The van der Waals surface area contributed by atoms with E-state index >= 15 is 0 Å². The Hall–Kier alpha value is -1.81. The van der Waals surface area contributed by atoms with Crippen molar-refractivity contribution in [2.75, 3.05) is 13.7 Å². The molecule has 2 N–H and O–H groups in total. The molecule has 2 aromatic rings. The lowest BCUT2D eigenvalue weighted by Crippen LogP contribution is -2.47. The van der Waals surface area contributed by atoms with Gasteiger partial charge in [0.2, 0.25) is 0 Å². The minimum atomic E-state index is -0.578. The van der Waals surface area contributed by atoms with Crippen molar-refractivity contribution in [3.63, 3.8) is 0 Å². The average Bonchev–Trinajstić information content (AvgIpc) is 2.84. The van der Waals surface area contributed by atoms with E-state index in [1.807, 2.05) is 38.2 Å². The predicted molar refractivity (Wildman–Crippen MR) is 71.6 cm³/mol. The molecule has 0 fully saturated rings. The van der Waals surface area contributed by atoms with E-state index in [0.29, 0.717) is 5.56 Å². The number of nitrogens with zero attached hydrogens (tertiary/aromatic N) is 1. The summed E-state index contributed by atoms with van der Waals surface area (Å²) in [6, 6.07) is 7.55. The highest BCUT2D eigenvalue weighted by Gasteiger charge is 2.28. The van der Waals surface area contributed by atoms with Crippen LogP contribution in [0.4, 0.5) is 0 Å². The maximum atomic E-state index is 12.5. The summed E-state index contributed by atoms with van der Waals surface area (Å²) in [5.41, 5.74) is 0.885. The van der Waals surface area contributed by atoms with Crippen LogP contribution in [0.1, 0.15) is 24.2 Å². The fraction of sp³-hybridized carbons (Fsp3) is 0.357. The van der Waals surface area contributed by atoms with Gasteiger partial charge in [-0.05, 0) is 26.0 Å². The molecule has 0 saturated heterocycles. The van der Waals surface area contributed by atoms with E-state index in [1.165, 1.54) is 0 Å². The van der Waals surface area contributed by atoms with Gasteiger partial charge in [0.15, 0.2) is 0 Å². The molecule has 96 valence electrons. The molecule has 0 aliphatic rings. The van der Waals surface area contributed by atoms with Crippen LogP contribution in [0.5, 0.6) is 0 Å². The number of carbonyl (C=O) groups is 1. The zero-order valence-corrected chi connectivity index (χ0v) is 10.9. The summed E-state index contributed by atoms with van der Waals surface area (Å²) in [4.78, 5) is 17.1. The third-order valence-electron chi connectivity index (χ3n) is 3.42. The van der Waals surface area contributed by atoms with Crippen LogP contribution in [0.15, 0.2) is 30.5 Å². The molecule has 0 aliphatic carbocycles. The van der Waals surface area contributed by atoms with Crippen molar-refractivity contribution >= 4 is 16.8 Å². The minimum absolute atomic E-state index is 0.0735. The number of likely N-dealkylation sites (N-methyl/N-ethyl adjacent to an activating group) is 1. The molecule has 0 saturated carbocycles. The summed E-state index contributed by atoms with van der Waals surface area (Å²) < 4.78 is 0. The molecule has 0 bridgehead atoms. The van der Waals surface area contributed by atoms with Gasteiger partial charge in [-0.2, -0.15) is 0 Å². The normalized spacial score (nSPS) is 11.8. The van der Waals surface area contributed by atoms with Gasteiger partial charge in [0.1, 0.15) is 0 Å². The summed E-state index contributed by atoms with van der Waals surface area (Å²) in [5, 5.41) is 10.3. The van der Waals surface area contributed by atoms with Crippen LogP contribution in [0.3, 0.4) is 0 Å². The summed E-state index contributed by atoms with van der Waals surface area (Å²) in [5.74, 6) is -0.0953. The molecular weight excluding hydrogens is 228 g/mol. The van der Waals surface area contributed by atoms with E-state index in [0.717, 1.165) is 10.9 Å². The number of rotatable bonds is 3. The van der Waals surface area contributed by atoms with Crippen LogP contribution in [0, 0.1) is 0 Å². The van der Waals surface area contributed by atoms with Crippen molar-refractivity contribution in [3.8, 4) is 0 Å². The van der Waals surface area contributed by atoms with Gasteiger partial charge in [-0.1, -0.05) is 12.1 Å². The lowest BCUT2D eigenvalue weighted by atomic mass is 10.0. The first-order valence-corrected chi connectivity index (χ1v) is 5.92. The fourth-order valence-corrected chi connectivity index (χ4v) is 1.82. The highest BCUT2D eigenvalue weighted by molar-refractivity contribution is 6.05. The first-order chi connectivity index (χ1) is 8.47. The second-order valence-corrected chi connectivity index (χ2v) is 5.08. The van der Waals surface area contributed by atoms with Crippen molar-refractivity contribution in [1.82, 2.24) is 9.88 Å². The van der Waals surface area contributed by atoms with E-state index in [-0.39, 0.29) is 12.5 Å². The number of benzene rings is 1. The quantitative estimate of drug-likeness (QED) is 0.870. The lowest BCUT2D eigenvalue weighted by Gasteiger charge is -2.34. The average molecular weight is 246 g/mol. The number of carbonyl (C=O) groups excluding carboxylic acids is 1. The van der Waals surface area contributed by atoms with Crippen molar-refractivity contribution in [2.24, 2.45) is 0 Å². The van der Waals surface area contributed by atoms with Crippen LogP contribution < -0.4 is 0 Å². The SMILES string of the molecule is CN(C(=O)c1cccc2cc[nH]c12)C(C)(C)CO. The lowest BCUT2D eigenvalue weighted by molar-refractivity contribution is 0.0475. The number of aliphatic hydroxyl groups is 1. The Morgan fingerprint density at radius 2 is 2.11 bits per heavy atom. The summed E-state index contributed by atoms with van der Waals surface area (Å²) in [6.07, 6.45) is 1.82. The first kappa shape index (κ1) is 12.6. The van der Waals surface area contributed by atoms with Gasteiger partial charge in [-0.15, -0.1) is 0 Å². The highest BCUT2D eigenvalue weighted by atomic mass is 16.3. The van der Waals surface area contributed by atoms with E-state index < -0.39 is 5.54 Å². The number of H-pyrrole nitrogens is 1. The Bertz CT molecular complexity index is 572. The first-order valence-electron chi connectivity index (χ1n) is 5.92. The Labute approximate surface area is 106 Å². The molecule has 1 heterocycles.